The van der Waals surface area contributed by atoms with Gasteiger partial charge in [0.2, 0.25) is 5.89 Å². The van der Waals surface area contributed by atoms with Crippen LogP contribution in [0.3, 0.4) is 0 Å². The topological polar surface area (TPSA) is 89.6 Å². The van der Waals surface area contributed by atoms with Gasteiger partial charge in [-0.2, -0.15) is 0 Å². The Morgan fingerprint density at radius 1 is 1.32 bits per heavy atom. The van der Waals surface area contributed by atoms with E-state index in [0.29, 0.717) is 18.5 Å². The molecule has 3 rings (SSSR count). The third-order valence-electron chi connectivity index (χ3n) is 2.28. The fourth-order valence-corrected chi connectivity index (χ4v) is 2.23. The van der Waals surface area contributed by atoms with Crippen molar-refractivity contribution < 1.29 is 4.42 Å². The van der Waals surface area contributed by atoms with Gasteiger partial charge in [-0.05, 0) is 0 Å². The van der Waals surface area contributed by atoms with Crippen LogP contribution < -0.4 is 5.32 Å². The number of anilines is 1. The fraction of sp³-hybridized carbons (Fsp3) is 0.182. The molecule has 0 spiro atoms. The third kappa shape index (κ3) is 2.74. The maximum atomic E-state index is 5.22. The van der Waals surface area contributed by atoms with Crippen LogP contribution in [0.2, 0.25) is 0 Å². The SMILES string of the molecule is Cc1nnc(NCc2csc(-c3cnccn3)n2)o1. The zero-order valence-corrected chi connectivity index (χ0v) is 10.9. The van der Waals surface area contributed by atoms with Crippen molar-refractivity contribution in [1.29, 1.82) is 0 Å². The Balaban J connectivity index is 1.68. The third-order valence-corrected chi connectivity index (χ3v) is 3.19. The Morgan fingerprint density at radius 3 is 3.00 bits per heavy atom. The summed E-state index contributed by atoms with van der Waals surface area (Å²) in [7, 11) is 0. The van der Waals surface area contributed by atoms with Crippen molar-refractivity contribution in [1.82, 2.24) is 25.1 Å². The van der Waals surface area contributed by atoms with Crippen LogP contribution >= 0.6 is 11.3 Å². The predicted octanol–water partition coefficient (Wildman–Crippen LogP) is 1.90. The second-order valence-electron chi connectivity index (χ2n) is 3.71. The van der Waals surface area contributed by atoms with E-state index in [4.69, 9.17) is 4.42 Å². The first-order valence-corrected chi connectivity index (χ1v) is 6.44. The summed E-state index contributed by atoms with van der Waals surface area (Å²) >= 11 is 1.52. The van der Waals surface area contributed by atoms with Gasteiger partial charge >= 0.3 is 6.01 Å². The summed E-state index contributed by atoms with van der Waals surface area (Å²) in [5.41, 5.74) is 1.66. The summed E-state index contributed by atoms with van der Waals surface area (Å²) in [6, 6.07) is 0.395. The number of rotatable bonds is 4. The smallest absolute Gasteiger partial charge is 0.315 e. The van der Waals surface area contributed by atoms with Crippen LogP contribution in [0.25, 0.3) is 10.7 Å². The molecule has 3 aromatic rings. The molecule has 3 heterocycles. The number of hydrogen-bond acceptors (Lipinski definition) is 8. The van der Waals surface area contributed by atoms with Crippen LogP contribution in [-0.4, -0.2) is 25.1 Å². The largest absolute Gasteiger partial charge is 0.408 e. The second kappa shape index (κ2) is 5.11. The molecule has 19 heavy (non-hydrogen) atoms. The first-order valence-electron chi connectivity index (χ1n) is 5.56. The molecule has 0 saturated carbocycles. The van der Waals surface area contributed by atoms with Gasteiger partial charge in [0.05, 0.1) is 18.4 Å². The average molecular weight is 274 g/mol. The minimum absolute atomic E-state index is 0.395. The number of aryl methyl sites for hydroxylation is 1. The van der Waals surface area contributed by atoms with Gasteiger partial charge in [0.25, 0.3) is 0 Å². The predicted molar refractivity (Wildman–Crippen MR) is 69.5 cm³/mol. The molecule has 0 saturated heterocycles. The molecule has 3 aromatic heterocycles. The summed E-state index contributed by atoms with van der Waals surface area (Å²) in [6.07, 6.45) is 4.98. The maximum absolute atomic E-state index is 5.22. The lowest BCUT2D eigenvalue weighted by Crippen LogP contribution is -2.00. The Hall–Kier alpha value is -2.35. The van der Waals surface area contributed by atoms with Gasteiger partial charge < -0.3 is 9.73 Å². The van der Waals surface area contributed by atoms with Crippen molar-refractivity contribution in [2.24, 2.45) is 0 Å². The van der Waals surface area contributed by atoms with E-state index in [0.717, 1.165) is 16.4 Å². The van der Waals surface area contributed by atoms with Crippen LogP contribution in [0.15, 0.2) is 28.4 Å². The minimum Gasteiger partial charge on any atom is -0.408 e. The molecule has 0 amide bonds. The summed E-state index contributed by atoms with van der Waals surface area (Å²) in [4.78, 5) is 12.7. The van der Waals surface area contributed by atoms with Crippen molar-refractivity contribution >= 4 is 17.4 Å². The van der Waals surface area contributed by atoms with E-state index >= 15 is 0 Å². The molecule has 0 aliphatic carbocycles. The number of thiazole rings is 1. The van der Waals surface area contributed by atoms with E-state index in [-0.39, 0.29) is 0 Å². The van der Waals surface area contributed by atoms with Crippen LogP contribution in [0.5, 0.6) is 0 Å². The van der Waals surface area contributed by atoms with Gasteiger partial charge in [-0.25, -0.2) is 4.98 Å². The van der Waals surface area contributed by atoms with Crippen molar-refractivity contribution in [3.8, 4) is 10.7 Å². The van der Waals surface area contributed by atoms with Crippen molar-refractivity contribution in [2.75, 3.05) is 5.32 Å². The van der Waals surface area contributed by atoms with E-state index in [1.807, 2.05) is 5.38 Å². The average Bonchev–Trinajstić information content (AvgIpc) is 3.06. The molecule has 0 fully saturated rings. The fourth-order valence-electron chi connectivity index (χ4n) is 1.45. The van der Waals surface area contributed by atoms with Crippen LogP contribution in [0.1, 0.15) is 11.6 Å². The monoisotopic (exact) mass is 274 g/mol. The Bertz CT molecular complexity index is 665. The quantitative estimate of drug-likeness (QED) is 0.777. The van der Waals surface area contributed by atoms with Gasteiger partial charge in [-0.1, -0.05) is 5.10 Å². The van der Waals surface area contributed by atoms with E-state index in [1.54, 1.807) is 25.5 Å². The number of nitrogens with one attached hydrogen (secondary N) is 1. The van der Waals surface area contributed by atoms with Crippen LogP contribution in [0.4, 0.5) is 6.01 Å². The number of hydrogen-bond donors (Lipinski definition) is 1. The highest BCUT2D eigenvalue weighted by Gasteiger charge is 2.07. The number of aromatic nitrogens is 5. The molecule has 8 heteroatoms. The zero-order valence-electron chi connectivity index (χ0n) is 10.1. The van der Waals surface area contributed by atoms with E-state index < -0.39 is 0 Å². The molecule has 0 atom stereocenters. The zero-order chi connectivity index (χ0) is 13.1. The molecule has 0 aliphatic rings. The molecule has 7 nitrogen and oxygen atoms in total. The highest BCUT2D eigenvalue weighted by atomic mass is 32.1. The number of nitrogens with zero attached hydrogens (tertiary/aromatic N) is 5. The molecule has 96 valence electrons. The minimum atomic E-state index is 0.395. The normalized spacial score (nSPS) is 10.6. The first-order chi connectivity index (χ1) is 9.31. The lowest BCUT2D eigenvalue weighted by atomic mass is 10.4. The molecular formula is C11H10N6OS. The van der Waals surface area contributed by atoms with Gasteiger partial charge in [0.15, 0.2) is 0 Å². The molecular weight excluding hydrogens is 264 g/mol. The molecule has 0 unspecified atom stereocenters. The Morgan fingerprint density at radius 2 is 2.26 bits per heavy atom. The highest BCUT2D eigenvalue weighted by molar-refractivity contribution is 7.13. The molecule has 0 aliphatic heterocycles. The van der Waals surface area contributed by atoms with E-state index in [1.165, 1.54) is 11.3 Å². The molecule has 0 bridgehead atoms. The lowest BCUT2D eigenvalue weighted by molar-refractivity contribution is 0.530. The first kappa shape index (κ1) is 11.7. The van der Waals surface area contributed by atoms with Crippen molar-refractivity contribution in [3.05, 3.63) is 35.6 Å². The second-order valence-corrected chi connectivity index (χ2v) is 4.57. The Labute approximate surface area is 112 Å². The van der Waals surface area contributed by atoms with Crippen molar-refractivity contribution in [3.63, 3.8) is 0 Å². The van der Waals surface area contributed by atoms with Gasteiger partial charge in [-0.3, -0.25) is 9.97 Å². The molecule has 0 radical (unpaired) electrons. The van der Waals surface area contributed by atoms with Gasteiger partial charge in [-0.15, -0.1) is 16.4 Å². The van der Waals surface area contributed by atoms with Crippen LogP contribution in [0, 0.1) is 6.92 Å². The highest BCUT2D eigenvalue weighted by Crippen LogP contribution is 2.21. The van der Waals surface area contributed by atoms with Crippen LogP contribution in [-0.2, 0) is 6.54 Å². The summed E-state index contributed by atoms with van der Waals surface area (Å²) in [5, 5.41) is 13.4. The molecule has 0 aromatic carbocycles. The van der Waals surface area contributed by atoms with Gasteiger partial charge in [0.1, 0.15) is 10.7 Å². The van der Waals surface area contributed by atoms with Crippen molar-refractivity contribution in [2.45, 2.75) is 13.5 Å². The lowest BCUT2D eigenvalue weighted by Gasteiger charge is -1.96. The summed E-state index contributed by atoms with van der Waals surface area (Å²) in [6.45, 7) is 2.27. The summed E-state index contributed by atoms with van der Waals surface area (Å²) in [5.74, 6) is 0.529. The van der Waals surface area contributed by atoms with E-state index in [9.17, 15) is 0 Å². The Kier molecular flexibility index (Phi) is 3.15. The molecule has 1 N–H and O–H groups in total. The summed E-state index contributed by atoms with van der Waals surface area (Å²) < 4.78 is 5.22. The van der Waals surface area contributed by atoms with E-state index in [2.05, 4.69) is 30.5 Å². The van der Waals surface area contributed by atoms with Gasteiger partial charge in [0, 0.05) is 24.7 Å². The standard InChI is InChI=1S/C11H10N6OS/c1-7-16-17-11(18-7)14-4-8-6-19-10(15-8)9-5-12-2-3-13-9/h2-3,5-6H,4H2,1H3,(H,14,17). The maximum Gasteiger partial charge on any atom is 0.315 e.